The van der Waals surface area contributed by atoms with Crippen molar-refractivity contribution < 1.29 is 0 Å². The zero-order chi connectivity index (χ0) is 12.3. The average molecular weight is 244 g/mol. The van der Waals surface area contributed by atoms with Crippen LogP contribution < -0.4 is 5.73 Å². The Morgan fingerprint density at radius 2 is 2.06 bits per heavy atom. The zero-order valence-corrected chi connectivity index (χ0v) is 10.9. The molecule has 1 aromatic heterocycles. The molecule has 0 spiro atoms. The van der Waals surface area contributed by atoms with E-state index in [0.717, 1.165) is 10.6 Å². The minimum atomic E-state index is 0.0421. The molecular weight excluding hydrogens is 228 g/mol. The van der Waals surface area contributed by atoms with Gasteiger partial charge in [-0.2, -0.15) is 0 Å². The molecule has 0 radical (unpaired) electrons. The Morgan fingerprint density at radius 1 is 1.24 bits per heavy atom. The van der Waals surface area contributed by atoms with Crippen molar-refractivity contribution in [2.75, 3.05) is 0 Å². The summed E-state index contributed by atoms with van der Waals surface area (Å²) < 4.78 is 0. The van der Waals surface area contributed by atoms with Crippen molar-refractivity contribution in [3.05, 3.63) is 53.7 Å². The second-order valence-corrected chi connectivity index (χ2v) is 5.23. The first-order valence-corrected chi connectivity index (χ1v) is 6.43. The number of aromatic nitrogens is 1. The summed E-state index contributed by atoms with van der Waals surface area (Å²) in [7, 11) is 0. The Balaban J connectivity index is 2.14. The Morgan fingerprint density at radius 3 is 2.65 bits per heavy atom. The van der Waals surface area contributed by atoms with Crippen LogP contribution in [0, 0.1) is 6.92 Å². The minimum Gasteiger partial charge on any atom is -0.324 e. The number of hydrogen-bond donors (Lipinski definition) is 1. The maximum atomic E-state index is 5.79. The number of nitrogens with zero attached hydrogens (tertiary/aromatic N) is 1. The van der Waals surface area contributed by atoms with Gasteiger partial charge in [0.05, 0.1) is 0 Å². The van der Waals surface area contributed by atoms with Crippen molar-refractivity contribution >= 4 is 11.8 Å². The van der Waals surface area contributed by atoms with Crippen molar-refractivity contribution in [2.45, 2.75) is 29.8 Å². The molecular formula is C14H16N2S. The predicted octanol–water partition coefficient (Wildman–Crippen LogP) is 3.56. The van der Waals surface area contributed by atoms with Crippen molar-refractivity contribution in [1.82, 2.24) is 4.98 Å². The van der Waals surface area contributed by atoms with Gasteiger partial charge in [-0.3, -0.25) is 0 Å². The maximum Gasteiger partial charge on any atom is 0.101 e. The number of pyridine rings is 1. The van der Waals surface area contributed by atoms with Crippen molar-refractivity contribution in [1.29, 1.82) is 0 Å². The van der Waals surface area contributed by atoms with Gasteiger partial charge in [-0.05, 0) is 37.6 Å². The van der Waals surface area contributed by atoms with Gasteiger partial charge in [-0.15, -0.1) is 0 Å². The molecule has 0 aliphatic rings. The SMILES string of the molecule is Cc1cccc(Sc2ccc(C(C)N)cn2)c1. The smallest absolute Gasteiger partial charge is 0.101 e. The van der Waals surface area contributed by atoms with E-state index in [1.807, 2.05) is 25.3 Å². The third kappa shape index (κ3) is 3.32. The molecule has 0 aliphatic carbocycles. The lowest BCUT2D eigenvalue weighted by atomic mass is 10.2. The molecule has 1 atom stereocenters. The first-order chi connectivity index (χ1) is 8.15. The van der Waals surface area contributed by atoms with Crippen LogP contribution in [0.4, 0.5) is 0 Å². The largest absolute Gasteiger partial charge is 0.324 e. The lowest BCUT2D eigenvalue weighted by Crippen LogP contribution is -2.04. The highest BCUT2D eigenvalue weighted by atomic mass is 32.2. The van der Waals surface area contributed by atoms with Gasteiger partial charge in [0.25, 0.3) is 0 Å². The summed E-state index contributed by atoms with van der Waals surface area (Å²) in [5, 5.41) is 1.00. The number of benzene rings is 1. The normalized spacial score (nSPS) is 12.4. The molecule has 0 amide bonds. The molecule has 2 N–H and O–H groups in total. The van der Waals surface area contributed by atoms with E-state index < -0.39 is 0 Å². The van der Waals surface area contributed by atoms with Gasteiger partial charge in [-0.1, -0.05) is 35.5 Å². The molecule has 0 saturated heterocycles. The van der Waals surface area contributed by atoms with Crippen LogP contribution in [-0.2, 0) is 0 Å². The molecule has 3 heteroatoms. The Hall–Kier alpha value is -1.32. The van der Waals surface area contributed by atoms with E-state index >= 15 is 0 Å². The fourth-order valence-corrected chi connectivity index (χ4v) is 2.40. The number of hydrogen-bond acceptors (Lipinski definition) is 3. The van der Waals surface area contributed by atoms with E-state index in [1.165, 1.54) is 10.5 Å². The van der Waals surface area contributed by atoms with E-state index in [-0.39, 0.29) is 6.04 Å². The topological polar surface area (TPSA) is 38.9 Å². The predicted molar refractivity (Wildman–Crippen MR) is 72.1 cm³/mol. The molecule has 2 aromatic rings. The Labute approximate surface area is 106 Å². The van der Waals surface area contributed by atoms with Crippen LogP contribution in [0.25, 0.3) is 0 Å². The standard InChI is InChI=1S/C14H16N2S/c1-10-4-3-5-13(8-10)17-14-7-6-12(9-16-14)11(2)15/h3-9,11H,15H2,1-2H3. The second kappa shape index (κ2) is 5.34. The molecule has 1 aromatic carbocycles. The summed E-state index contributed by atoms with van der Waals surface area (Å²) in [5.41, 5.74) is 8.12. The first-order valence-electron chi connectivity index (χ1n) is 5.61. The maximum absolute atomic E-state index is 5.79. The molecule has 0 saturated carbocycles. The van der Waals surface area contributed by atoms with Gasteiger partial charge in [-0.25, -0.2) is 4.98 Å². The summed E-state index contributed by atoms with van der Waals surface area (Å²) in [4.78, 5) is 5.62. The molecule has 2 nitrogen and oxygen atoms in total. The van der Waals surface area contributed by atoms with E-state index in [4.69, 9.17) is 5.73 Å². The second-order valence-electron chi connectivity index (χ2n) is 4.14. The van der Waals surface area contributed by atoms with E-state index in [9.17, 15) is 0 Å². The summed E-state index contributed by atoms with van der Waals surface area (Å²) in [5.74, 6) is 0. The Kier molecular flexibility index (Phi) is 3.82. The van der Waals surface area contributed by atoms with Gasteiger partial charge >= 0.3 is 0 Å². The fraction of sp³-hybridized carbons (Fsp3) is 0.214. The molecule has 88 valence electrons. The minimum absolute atomic E-state index is 0.0421. The van der Waals surface area contributed by atoms with Crippen molar-refractivity contribution in [2.24, 2.45) is 5.73 Å². The molecule has 2 rings (SSSR count). The van der Waals surface area contributed by atoms with E-state index in [2.05, 4.69) is 36.2 Å². The van der Waals surface area contributed by atoms with Crippen molar-refractivity contribution in [3.8, 4) is 0 Å². The molecule has 1 unspecified atom stereocenters. The van der Waals surface area contributed by atoms with Crippen LogP contribution in [0.5, 0.6) is 0 Å². The van der Waals surface area contributed by atoms with Gasteiger partial charge in [0.1, 0.15) is 5.03 Å². The molecule has 1 heterocycles. The van der Waals surface area contributed by atoms with Gasteiger partial charge in [0.2, 0.25) is 0 Å². The summed E-state index contributed by atoms with van der Waals surface area (Å²) in [6, 6.07) is 12.5. The number of nitrogens with two attached hydrogens (primary N) is 1. The van der Waals surface area contributed by atoms with E-state index in [1.54, 1.807) is 11.8 Å². The number of aryl methyl sites for hydroxylation is 1. The fourth-order valence-electron chi connectivity index (χ4n) is 1.52. The Bertz CT molecular complexity index is 492. The third-order valence-corrected chi connectivity index (χ3v) is 3.44. The highest BCUT2D eigenvalue weighted by molar-refractivity contribution is 7.99. The van der Waals surface area contributed by atoms with Gasteiger partial charge < -0.3 is 5.73 Å². The van der Waals surface area contributed by atoms with Crippen LogP contribution in [0.15, 0.2) is 52.5 Å². The van der Waals surface area contributed by atoms with Crippen LogP contribution in [0.3, 0.4) is 0 Å². The van der Waals surface area contributed by atoms with Crippen LogP contribution >= 0.6 is 11.8 Å². The summed E-state index contributed by atoms with van der Waals surface area (Å²) >= 11 is 1.67. The quantitative estimate of drug-likeness (QED) is 0.897. The summed E-state index contributed by atoms with van der Waals surface area (Å²) in [6.07, 6.45) is 1.85. The zero-order valence-electron chi connectivity index (χ0n) is 10.1. The third-order valence-electron chi connectivity index (χ3n) is 2.50. The highest BCUT2D eigenvalue weighted by Gasteiger charge is 2.02. The average Bonchev–Trinajstić information content (AvgIpc) is 2.29. The van der Waals surface area contributed by atoms with Gasteiger partial charge in [0.15, 0.2) is 0 Å². The first kappa shape index (κ1) is 12.1. The molecule has 0 fully saturated rings. The molecule has 0 aliphatic heterocycles. The van der Waals surface area contributed by atoms with Gasteiger partial charge in [0, 0.05) is 17.1 Å². The highest BCUT2D eigenvalue weighted by Crippen LogP contribution is 2.26. The molecule has 0 bridgehead atoms. The van der Waals surface area contributed by atoms with E-state index in [0.29, 0.717) is 0 Å². The van der Waals surface area contributed by atoms with Crippen LogP contribution in [-0.4, -0.2) is 4.98 Å². The van der Waals surface area contributed by atoms with Crippen molar-refractivity contribution in [3.63, 3.8) is 0 Å². The lowest BCUT2D eigenvalue weighted by Gasteiger charge is -2.06. The molecule has 17 heavy (non-hydrogen) atoms. The number of rotatable bonds is 3. The van der Waals surface area contributed by atoms with Crippen LogP contribution in [0.1, 0.15) is 24.1 Å². The monoisotopic (exact) mass is 244 g/mol. The lowest BCUT2D eigenvalue weighted by molar-refractivity contribution is 0.806. The summed E-state index contributed by atoms with van der Waals surface area (Å²) in [6.45, 7) is 4.06. The van der Waals surface area contributed by atoms with Crippen LogP contribution in [0.2, 0.25) is 0 Å².